The molecule has 4 rings (SSSR count). The van der Waals surface area contributed by atoms with Crippen LogP contribution in [0.25, 0.3) is 21.6 Å². The van der Waals surface area contributed by atoms with Gasteiger partial charge in [-0.3, -0.25) is 0 Å². The predicted octanol–water partition coefficient (Wildman–Crippen LogP) is 7.27. The van der Waals surface area contributed by atoms with Crippen molar-refractivity contribution >= 4 is 11.3 Å². The van der Waals surface area contributed by atoms with Gasteiger partial charge in [0.15, 0.2) is 11.6 Å². The Morgan fingerprint density at radius 1 is 0.885 bits per heavy atom. The van der Waals surface area contributed by atoms with Gasteiger partial charge in [0.2, 0.25) is 0 Å². The van der Waals surface area contributed by atoms with E-state index in [-0.39, 0.29) is 0 Å². The molecule has 1 heterocycles. The number of hydrogen-bond donors (Lipinski definition) is 0. The van der Waals surface area contributed by atoms with Gasteiger partial charge in [-0.05, 0) is 54.5 Å². The monoisotopic (exact) mass is 368 g/mol. The summed E-state index contributed by atoms with van der Waals surface area (Å²) >= 11 is 1.58. The SMILES string of the molecule is CCc1ccc(-c2ccc(-c3ccc(CCC4CC4)s3)c(F)c2F)cc1. The smallest absolute Gasteiger partial charge is 0.168 e. The number of benzene rings is 2. The van der Waals surface area contributed by atoms with Crippen molar-refractivity contribution in [2.45, 2.75) is 39.0 Å². The Kier molecular flexibility index (Phi) is 4.90. The lowest BCUT2D eigenvalue weighted by atomic mass is 10.0. The average molecular weight is 368 g/mol. The highest BCUT2D eigenvalue weighted by atomic mass is 32.1. The molecule has 0 saturated heterocycles. The van der Waals surface area contributed by atoms with Crippen molar-refractivity contribution in [2.75, 3.05) is 0 Å². The van der Waals surface area contributed by atoms with Crippen LogP contribution in [0.5, 0.6) is 0 Å². The highest BCUT2D eigenvalue weighted by Crippen LogP contribution is 2.37. The topological polar surface area (TPSA) is 0 Å². The van der Waals surface area contributed by atoms with E-state index in [4.69, 9.17) is 0 Å². The summed E-state index contributed by atoms with van der Waals surface area (Å²) in [5.74, 6) is -0.634. The van der Waals surface area contributed by atoms with Gasteiger partial charge in [0, 0.05) is 20.9 Å². The fourth-order valence-corrected chi connectivity index (χ4v) is 4.33. The second kappa shape index (κ2) is 7.32. The fraction of sp³-hybridized carbons (Fsp3) is 0.304. The first-order valence-corrected chi connectivity index (χ1v) is 10.1. The molecule has 3 aromatic rings. The van der Waals surface area contributed by atoms with Crippen molar-refractivity contribution in [2.24, 2.45) is 5.92 Å². The van der Waals surface area contributed by atoms with Gasteiger partial charge in [0.05, 0.1) is 0 Å². The molecule has 1 saturated carbocycles. The number of aryl methyl sites for hydroxylation is 2. The summed E-state index contributed by atoms with van der Waals surface area (Å²) in [7, 11) is 0. The normalized spacial score (nSPS) is 14.0. The summed E-state index contributed by atoms with van der Waals surface area (Å²) in [5.41, 5.74) is 2.57. The van der Waals surface area contributed by atoms with E-state index in [1.165, 1.54) is 29.7 Å². The molecule has 0 bridgehead atoms. The zero-order valence-electron chi connectivity index (χ0n) is 14.9. The van der Waals surface area contributed by atoms with E-state index in [1.807, 2.05) is 30.3 Å². The van der Waals surface area contributed by atoms with Gasteiger partial charge in [-0.25, -0.2) is 8.78 Å². The van der Waals surface area contributed by atoms with Crippen LogP contribution in [0.15, 0.2) is 48.5 Å². The molecule has 1 aromatic heterocycles. The molecule has 0 amide bonds. The minimum absolute atomic E-state index is 0.319. The summed E-state index contributed by atoms with van der Waals surface area (Å²) in [6.45, 7) is 2.07. The summed E-state index contributed by atoms with van der Waals surface area (Å²) in [6.07, 6.45) is 5.87. The molecule has 26 heavy (non-hydrogen) atoms. The minimum atomic E-state index is -0.764. The molecule has 0 unspecified atom stereocenters. The van der Waals surface area contributed by atoms with Gasteiger partial charge < -0.3 is 0 Å². The summed E-state index contributed by atoms with van der Waals surface area (Å²) < 4.78 is 29.5. The molecule has 0 atom stereocenters. The molecule has 0 nitrogen and oxygen atoms in total. The summed E-state index contributed by atoms with van der Waals surface area (Å²) in [5, 5.41) is 0. The number of thiophene rings is 1. The molecule has 3 heteroatoms. The van der Waals surface area contributed by atoms with Crippen molar-refractivity contribution in [3.8, 4) is 21.6 Å². The van der Waals surface area contributed by atoms with Crippen molar-refractivity contribution < 1.29 is 8.78 Å². The molecule has 0 aliphatic heterocycles. The van der Waals surface area contributed by atoms with Crippen molar-refractivity contribution in [3.05, 3.63) is 70.6 Å². The Morgan fingerprint density at radius 2 is 1.58 bits per heavy atom. The Bertz CT molecular complexity index is 904. The first-order valence-electron chi connectivity index (χ1n) is 9.32. The third kappa shape index (κ3) is 3.59. The van der Waals surface area contributed by atoms with E-state index in [9.17, 15) is 8.78 Å². The first kappa shape index (κ1) is 17.4. The van der Waals surface area contributed by atoms with Gasteiger partial charge in [-0.2, -0.15) is 0 Å². The lowest BCUT2D eigenvalue weighted by Gasteiger charge is -2.08. The summed E-state index contributed by atoms with van der Waals surface area (Å²) in [6, 6.07) is 15.0. The maximum Gasteiger partial charge on any atom is 0.168 e. The van der Waals surface area contributed by atoms with E-state index >= 15 is 0 Å². The molecular weight excluding hydrogens is 346 g/mol. The third-order valence-electron chi connectivity index (χ3n) is 5.18. The van der Waals surface area contributed by atoms with E-state index < -0.39 is 11.6 Å². The fourth-order valence-electron chi connectivity index (χ4n) is 3.29. The van der Waals surface area contributed by atoms with Crippen LogP contribution in [0.4, 0.5) is 8.78 Å². The van der Waals surface area contributed by atoms with Gasteiger partial charge >= 0.3 is 0 Å². The maximum atomic E-state index is 14.7. The Labute approximate surface area is 157 Å². The van der Waals surface area contributed by atoms with Crippen LogP contribution in [-0.4, -0.2) is 0 Å². The Balaban J connectivity index is 1.60. The first-order chi connectivity index (χ1) is 12.7. The van der Waals surface area contributed by atoms with Crippen LogP contribution in [0.3, 0.4) is 0 Å². The van der Waals surface area contributed by atoms with Crippen molar-refractivity contribution in [1.29, 1.82) is 0 Å². The van der Waals surface area contributed by atoms with Crippen LogP contribution in [0.1, 0.15) is 36.6 Å². The van der Waals surface area contributed by atoms with Crippen LogP contribution in [0, 0.1) is 17.6 Å². The molecule has 0 spiro atoms. The van der Waals surface area contributed by atoms with Gasteiger partial charge in [-0.15, -0.1) is 11.3 Å². The molecule has 1 fully saturated rings. The molecule has 2 aromatic carbocycles. The van der Waals surface area contributed by atoms with E-state index in [0.717, 1.165) is 23.6 Å². The number of halogens is 2. The number of hydrogen-bond acceptors (Lipinski definition) is 1. The number of rotatable bonds is 6. The Morgan fingerprint density at radius 3 is 2.27 bits per heavy atom. The molecule has 134 valence electrons. The molecule has 1 aliphatic carbocycles. The highest BCUT2D eigenvalue weighted by molar-refractivity contribution is 7.15. The van der Waals surface area contributed by atoms with Gasteiger partial charge in [-0.1, -0.05) is 50.1 Å². The Hall–Kier alpha value is -2.00. The summed E-state index contributed by atoms with van der Waals surface area (Å²) in [4.78, 5) is 2.06. The average Bonchev–Trinajstić information content (AvgIpc) is 3.39. The lowest BCUT2D eigenvalue weighted by Crippen LogP contribution is -1.93. The molecular formula is C23H22F2S. The quantitative estimate of drug-likeness (QED) is 0.429. The van der Waals surface area contributed by atoms with Crippen molar-refractivity contribution in [3.63, 3.8) is 0 Å². The predicted molar refractivity (Wildman–Crippen MR) is 106 cm³/mol. The van der Waals surface area contributed by atoms with E-state index in [0.29, 0.717) is 16.7 Å². The highest BCUT2D eigenvalue weighted by Gasteiger charge is 2.21. The zero-order valence-corrected chi connectivity index (χ0v) is 15.7. The van der Waals surface area contributed by atoms with Gasteiger partial charge in [0.25, 0.3) is 0 Å². The minimum Gasteiger partial charge on any atom is -0.203 e. The van der Waals surface area contributed by atoms with Crippen LogP contribution < -0.4 is 0 Å². The molecule has 0 radical (unpaired) electrons. The standard InChI is InChI=1S/C23H22F2S/c1-2-15-5-8-17(9-6-15)19-12-13-20(23(25)22(19)24)21-14-11-18(26-21)10-7-16-3-4-16/h5-6,8-9,11-14,16H,2-4,7,10H2,1H3. The van der Waals surface area contributed by atoms with Crippen LogP contribution in [-0.2, 0) is 12.8 Å². The zero-order chi connectivity index (χ0) is 18.1. The van der Waals surface area contributed by atoms with Crippen LogP contribution in [0.2, 0.25) is 0 Å². The molecule has 1 aliphatic rings. The van der Waals surface area contributed by atoms with Gasteiger partial charge in [0.1, 0.15) is 0 Å². The van der Waals surface area contributed by atoms with Crippen LogP contribution >= 0.6 is 11.3 Å². The largest absolute Gasteiger partial charge is 0.203 e. The maximum absolute atomic E-state index is 14.7. The van der Waals surface area contributed by atoms with Crippen molar-refractivity contribution in [1.82, 2.24) is 0 Å². The third-order valence-corrected chi connectivity index (χ3v) is 6.36. The van der Waals surface area contributed by atoms with E-state index in [2.05, 4.69) is 13.0 Å². The second-order valence-electron chi connectivity index (χ2n) is 7.09. The molecule has 0 N–H and O–H groups in total. The second-order valence-corrected chi connectivity index (χ2v) is 8.26. The van der Waals surface area contributed by atoms with E-state index in [1.54, 1.807) is 23.5 Å². The lowest BCUT2D eigenvalue weighted by molar-refractivity contribution is 0.514.